The summed E-state index contributed by atoms with van der Waals surface area (Å²) in [7, 11) is 1.43. The lowest BCUT2D eigenvalue weighted by Crippen LogP contribution is -2.51. The number of ether oxygens (including phenoxy) is 1. The molecule has 1 aromatic heterocycles. The van der Waals surface area contributed by atoms with Gasteiger partial charge in [0.25, 0.3) is 0 Å². The van der Waals surface area contributed by atoms with Crippen molar-refractivity contribution in [2.24, 2.45) is 11.7 Å². The van der Waals surface area contributed by atoms with Gasteiger partial charge < -0.3 is 29.9 Å². The van der Waals surface area contributed by atoms with Crippen LogP contribution in [-0.4, -0.2) is 65.5 Å². The van der Waals surface area contributed by atoms with Gasteiger partial charge in [-0.05, 0) is 74.6 Å². The van der Waals surface area contributed by atoms with Gasteiger partial charge >= 0.3 is 12.1 Å². The van der Waals surface area contributed by atoms with Crippen molar-refractivity contribution in [1.29, 1.82) is 0 Å². The predicted octanol–water partition coefficient (Wildman–Crippen LogP) is 6.46. The zero-order valence-electron chi connectivity index (χ0n) is 25.0. The Balaban J connectivity index is 1.32. The molecule has 1 saturated heterocycles. The number of hydrogen-bond acceptors (Lipinski definition) is 5. The molecule has 0 radical (unpaired) electrons. The molecule has 6 rings (SSSR count). The lowest BCUT2D eigenvalue weighted by molar-refractivity contribution is 0.0697. The fourth-order valence-corrected chi connectivity index (χ4v) is 7.79. The van der Waals surface area contributed by atoms with Crippen molar-refractivity contribution in [2.45, 2.75) is 76.3 Å². The molecular weight excluding hydrogens is 528 g/mol. The van der Waals surface area contributed by atoms with Gasteiger partial charge in [-0.25, -0.2) is 9.59 Å². The minimum Gasteiger partial charge on any atom is -0.478 e. The van der Waals surface area contributed by atoms with Crippen LogP contribution in [0.1, 0.15) is 80.1 Å². The number of benzene rings is 2. The lowest BCUT2D eigenvalue weighted by atomic mass is 9.77. The van der Waals surface area contributed by atoms with Gasteiger partial charge in [0.1, 0.15) is 0 Å². The smallest absolute Gasteiger partial charge is 0.409 e. The average molecular weight is 573 g/mol. The Morgan fingerprint density at radius 2 is 1.74 bits per heavy atom. The third-order valence-corrected chi connectivity index (χ3v) is 10.2. The van der Waals surface area contributed by atoms with E-state index in [9.17, 15) is 14.7 Å². The minimum absolute atomic E-state index is 0.257. The van der Waals surface area contributed by atoms with Crippen molar-refractivity contribution in [2.75, 3.05) is 38.2 Å². The van der Waals surface area contributed by atoms with Gasteiger partial charge in [-0.2, -0.15) is 0 Å². The molecule has 1 amide bonds. The molecule has 42 heavy (non-hydrogen) atoms. The van der Waals surface area contributed by atoms with Crippen molar-refractivity contribution in [3.05, 3.63) is 53.6 Å². The Labute approximate surface area is 248 Å². The molecule has 1 saturated carbocycles. The number of rotatable bonds is 6. The van der Waals surface area contributed by atoms with Crippen LogP contribution in [-0.2, 0) is 11.3 Å². The molecule has 0 spiro atoms. The van der Waals surface area contributed by atoms with E-state index in [4.69, 9.17) is 10.5 Å². The summed E-state index contributed by atoms with van der Waals surface area (Å²) < 4.78 is 7.31. The van der Waals surface area contributed by atoms with Crippen LogP contribution < -0.4 is 10.6 Å². The highest BCUT2D eigenvalue weighted by Crippen LogP contribution is 2.47. The summed E-state index contributed by atoms with van der Waals surface area (Å²) in [6.45, 7) is 5.98. The highest BCUT2D eigenvalue weighted by atomic mass is 16.5. The lowest BCUT2D eigenvalue weighted by Gasteiger charge is -2.41. The summed E-state index contributed by atoms with van der Waals surface area (Å²) in [6, 6.07) is 14.4. The molecule has 1 unspecified atom stereocenters. The number of nitrogens with two attached hydrogens (primary N) is 1. The molecule has 224 valence electrons. The van der Waals surface area contributed by atoms with Crippen LogP contribution in [0.4, 0.5) is 10.5 Å². The van der Waals surface area contributed by atoms with Crippen LogP contribution >= 0.6 is 0 Å². The number of piperidine rings is 1. The summed E-state index contributed by atoms with van der Waals surface area (Å²) in [5.41, 5.74) is 13.1. The molecule has 1 aliphatic carbocycles. The first-order chi connectivity index (χ1) is 20.3. The molecule has 3 N–H and O–H groups in total. The van der Waals surface area contributed by atoms with Gasteiger partial charge in [-0.1, -0.05) is 43.5 Å². The minimum atomic E-state index is -0.887. The van der Waals surface area contributed by atoms with Gasteiger partial charge in [0.05, 0.1) is 18.4 Å². The molecular formula is C34H44N4O4. The zero-order valence-corrected chi connectivity index (χ0v) is 25.0. The van der Waals surface area contributed by atoms with E-state index in [0.717, 1.165) is 44.4 Å². The van der Waals surface area contributed by atoms with Crippen LogP contribution in [0.5, 0.6) is 0 Å². The second-order valence-electron chi connectivity index (χ2n) is 12.8. The van der Waals surface area contributed by atoms with Gasteiger partial charge in [-0.3, -0.25) is 0 Å². The van der Waals surface area contributed by atoms with E-state index in [-0.39, 0.29) is 11.6 Å². The van der Waals surface area contributed by atoms with E-state index in [2.05, 4.69) is 46.7 Å². The Hall–Kier alpha value is -3.52. The fourth-order valence-electron chi connectivity index (χ4n) is 7.79. The number of para-hydroxylation sites is 1. The summed E-state index contributed by atoms with van der Waals surface area (Å²) in [6.07, 6.45) is 8.48. The maximum Gasteiger partial charge on any atom is 0.409 e. The highest BCUT2D eigenvalue weighted by Gasteiger charge is 2.36. The molecule has 3 aliphatic rings. The number of carbonyl (C=O) groups excluding carboxylic acids is 1. The number of carbonyl (C=O) groups is 2. The number of carboxylic acid groups (broad SMARTS) is 1. The van der Waals surface area contributed by atoms with E-state index in [1.165, 1.54) is 67.1 Å². The van der Waals surface area contributed by atoms with E-state index < -0.39 is 5.97 Å². The van der Waals surface area contributed by atoms with Crippen LogP contribution in [0, 0.1) is 5.92 Å². The molecule has 2 aromatic carbocycles. The number of amides is 1. The molecule has 2 fully saturated rings. The number of methoxy groups -OCH3 is 1. The molecule has 8 nitrogen and oxygen atoms in total. The third-order valence-electron chi connectivity index (χ3n) is 10.2. The topological polar surface area (TPSA) is 101 Å². The van der Waals surface area contributed by atoms with Crippen LogP contribution in [0.15, 0.2) is 42.5 Å². The van der Waals surface area contributed by atoms with E-state index in [1.54, 1.807) is 11.0 Å². The molecule has 2 aliphatic heterocycles. The number of carboxylic acids is 1. The molecule has 1 atom stereocenters. The van der Waals surface area contributed by atoms with Crippen molar-refractivity contribution in [3.8, 4) is 11.3 Å². The van der Waals surface area contributed by atoms with E-state index in [0.29, 0.717) is 30.5 Å². The van der Waals surface area contributed by atoms with Crippen LogP contribution in [0.25, 0.3) is 22.2 Å². The number of fused-ring (bicyclic) bond motifs is 5. The zero-order chi connectivity index (χ0) is 29.4. The predicted molar refractivity (Wildman–Crippen MR) is 166 cm³/mol. The van der Waals surface area contributed by atoms with Crippen molar-refractivity contribution in [1.82, 2.24) is 9.47 Å². The first-order valence-corrected chi connectivity index (χ1v) is 15.6. The van der Waals surface area contributed by atoms with E-state index >= 15 is 0 Å². The third kappa shape index (κ3) is 5.26. The van der Waals surface area contributed by atoms with Gasteiger partial charge in [0.2, 0.25) is 0 Å². The molecule has 8 heteroatoms. The average Bonchev–Trinajstić information content (AvgIpc) is 3.25. The second-order valence-corrected chi connectivity index (χ2v) is 12.8. The standard InChI is InChI=1S/C34H44N4O4/c1-34(35,25-14-17-37(18-15-25)33(41)42-2)16-19-36-20-21-38-29-22-24(32(39)40)12-13-26(29)30(23-8-4-3-5-9-23)31(38)27-10-6-7-11-28(27)36/h6-7,10-13,22-23,25H,3-5,8-9,14-21,35H2,1-2H3,(H,39,40). The first kappa shape index (κ1) is 28.6. The number of hydrogen-bond donors (Lipinski definition) is 2. The summed E-state index contributed by atoms with van der Waals surface area (Å²) in [4.78, 5) is 28.2. The number of aromatic carboxylic acids is 1. The Kier molecular flexibility index (Phi) is 7.92. The Morgan fingerprint density at radius 3 is 2.45 bits per heavy atom. The van der Waals surface area contributed by atoms with Crippen molar-refractivity contribution >= 4 is 28.7 Å². The summed E-state index contributed by atoms with van der Waals surface area (Å²) in [5, 5.41) is 11.0. The van der Waals surface area contributed by atoms with Gasteiger partial charge in [0.15, 0.2) is 0 Å². The van der Waals surface area contributed by atoms with Crippen LogP contribution in [0.2, 0.25) is 0 Å². The molecule has 0 bridgehead atoms. The largest absolute Gasteiger partial charge is 0.478 e. The summed E-state index contributed by atoms with van der Waals surface area (Å²) in [5.74, 6) is -0.0661. The van der Waals surface area contributed by atoms with Crippen molar-refractivity contribution in [3.63, 3.8) is 0 Å². The number of likely N-dealkylation sites (tertiary alicyclic amines) is 1. The molecule has 3 heterocycles. The van der Waals surface area contributed by atoms with Gasteiger partial charge in [0, 0.05) is 60.4 Å². The number of nitrogens with zero attached hydrogens (tertiary/aromatic N) is 3. The quantitative estimate of drug-likeness (QED) is 0.352. The highest BCUT2D eigenvalue weighted by molar-refractivity contribution is 5.99. The van der Waals surface area contributed by atoms with Crippen LogP contribution in [0.3, 0.4) is 0 Å². The second kappa shape index (κ2) is 11.6. The molecule has 3 aromatic rings. The number of anilines is 1. The first-order valence-electron chi connectivity index (χ1n) is 15.6. The Bertz CT molecular complexity index is 1460. The maximum absolute atomic E-state index is 12.0. The number of aromatic nitrogens is 1. The summed E-state index contributed by atoms with van der Waals surface area (Å²) >= 11 is 0. The van der Waals surface area contributed by atoms with Crippen molar-refractivity contribution < 1.29 is 19.4 Å². The normalized spacial score (nSPS) is 19.6. The SMILES string of the molecule is COC(=O)N1CCC(C(C)(N)CCN2CCn3c(c(C4CCCCC4)c4ccc(C(=O)O)cc43)-c3ccccc32)CC1. The van der Waals surface area contributed by atoms with E-state index in [1.807, 2.05) is 6.07 Å². The Morgan fingerprint density at radius 1 is 1.00 bits per heavy atom. The van der Waals surface area contributed by atoms with Gasteiger partial charge in [-0.15, -0.1) is 0 Å². The maximum atomic E-state index is 12.0. The monoisotopic (exact) mass is 572 g/mol. The fraction of sp³-hybridized carbons (Fsp3) is 0.529.